The summed E-state index contributed by atoms with van der Waals surface area (Å²) >= 11 is 0. The zero-order valence-corrected chi connectivity index (χ0v) is 16.8. The number of benzene rings is 2. The van der Waals surface area contributed by atoms with Crippen molar-refractivity contribution >= 4 is 17.3 Å². The van der Waals surface area contributed by atoms with E-state index in [1.165, 1.54) is 5.56 Å². The van der Waals surface area contributed by atoms with Crippen molar-refractivity contribution in [3.8, 4) is 0 Å². The highest BCUT2D eigenvalue weighted by Gasteiger charge is 2.37. The third-order valence-corrected chi connectivity index (χ3v) is 4.88. The lowest BCUT2D eigenvalue weighted by atomic mass is 9.85. The number of rotatable bonds is 11. The van der Waals surface area contributed by atoms with Crippen LogP contribution in [0.2, 0.25) is 0 Å². The molecule has 2 rings (SSSR count). The van der Waals surface area contributed by atoms with E-state index in [9.17, 15) is 4.79 Å². The number of carbonyl (C=O) groups is 1. The third kappa shape index (κ3) is 6.31. The molecule has 3 N–H and O–H groups in total. The minimum atomic E-state index is -0.620. The normalized spacial score (nSPS) is 11.1. The zero-order valence-electron chi connectivity index (χ0n) is 16.8. The highest BCUT2D eigenvalue weighted by atomic mass is 16.2. The van der Waals surface area contributed by atoms with Crippen LogP contribution >= 0.6 is 0 Å². The second kappa shape index (κ2) is 10.6. The first kappa shape index (κ1) is 20.8. The van der Waals surface area contributed by atoms with E-state index in [0.29, 0.717) is 0 Å². The lowest BCUT2D eigenvalue weighted by Gasteiger charge is -2.35. The van der Waals surface area contributed by atoms with Gasteiger partial charge in [0.15, 0.2) is 0 Å². The number of para-hydroxylation sites is 1. The highest BCUT2D eigenvalue weighted by molar-refractivity contribution is 5.90. The van der Waals surface area contributed by atoms with Gasteiger partial charge in [-0.15, -0.1) is 0 Å². The van der Waals surface area contributed by atoms with Gasteiger partial charge in [0.25, 0.3) is 5.91 Å². The summed E-state index contributed by atoms with van der Waals surface area (Å²) in [5, 5.41) is 3.56. The van der Waals surface area contributed by atoms with E-state index in [1.807, 2.05) is 61.5 Å². The maximum absolute atomic E-state index is 13.3. The van der Waals surface area contributed by atoms with Gasteiger partial charge >= 0.3 is 0 Å². The third-order valence-electron chi connectivity index (χ3n) is 4.88. The topological polar surface area (TPSA) is 53.2 Å². The second-order valence-corrected chi connectivity index (χ2v) is 7.23. The Morgan fingerprint density at radius 3 is 2.00 bits per heavy atom. The Kier molecular flexibility index (Phi) is 8.18. The smallest absolute Gasteiger partial charge is 0.263 e. The quantitative estimate of drug-likeness (QED) is 0.449. The van der Waals surface area contributed by atoms with Gasteiger partial charge in [0.05, 0.1) is 5.69 Å². The molecule has 0 bridgehead atoms. The first-order chi connectivity index (χ1) is 13.1. The predicted octanol–water partition coefficient (Wildman–Crippen LogP) is 5.67. The lowest BCUT2D eigenvalue weighted by molar-refractivity contribution is -0.125. The zero-order chi connectivity index (χ0) is 19.5. The Labute approximate surface area is 163 Å². The fourth-order valence-corrected chi connectivity index (χ4v) is 3.17. The van der Waals surface area contributed by atoms with E-state index < -0.39 is 5.54 Å². The molecule has 0 unspecified atom stereocenters. The summed E-state index contributed by atoms with van der Waals surface area (Å²) < 4.78 is 0. The molecule has 0 aliphatic carbocycles. The van der Waals surface area contributed by atoms with Crippen molar-refractivity contribution in [2.24, 2.45) is 0 Å². The van der Waals surface area contributed by atoms with Crippen LogP contribution in [0.3, 0.4) is 0 Å². The Morgan fingerprint density at radius 1 is 0.852 bits per heavy atom. The Balaban J connectivity index is 2.18. The summed E-state index contributed by atoms with van der Waals surface area (Å²) in [6.45, 7) is 6.37. The second-order valence-electron chi connectivity index (χ2n) is 7.23. The van der Waals surface area contributed by atoms with Gasteiger partial charge in [0.2, 0.25) is 0 Å². The molecule has 0 saturated carbocycles. The van der Waals surface area contributed by atoms with E-state index in [2.05, 4.69) is 30.0 Å². The number of amides is 1. The van der Waals surface area contributed by atoms with Gasteiger partial charge < -0.3 is 5.32 Å². The van der Waals surface area contributed by atoms with Crippen molar-refractivity contribution in [2.75, 3.05) is 10.7 Å². The van der Waals surface area contributed by atoms with E-state index in [-0.39, 0.29) is 5.91 Å². The molecule has 0 fully saturated rings. The van der Waals surface area contributed by atoms with Gasteiger partial charge in [-0.05, 0) is 44.0 Å². The van der Waals surface area contributed by atoms with Crippen molar-refractivity contribution < 1.29 is 4.79 Å². The minimum Gasteiger partial charge on any atom is -0.371 e. The van der Waals surface area contributed by atoms with Crippen LogP contribution in [-0.4, -0.2) is 11.4 Å². The van der Waals surface area contributed by atoms with E-state index in [0.717, 1.165) is 49.9 Å². The fourth-order valence-electron chi connectivity index (χ4n) is 3.17. The first-order valence-electron chi connectivity index (χ1n) is 10.1. The van der Waals surface area contributed by atoms with Crippen LogP contribution in [0.15, 0.2) is 54.6 Å². The molecule has 146 valence electrons. The molecule has 0 aliphatic rings. The predicted molar refractivity (Wildman–Crippen MR) is 115 cm³/mol. The number of unbranched alkanes of at least 4 members (excludes halogenated alkanes) is 2. The van der Waals surface area contributed by atoms with Gasteiger partial charge in [0.1, 0.15) is 5.54 Å². The SMILES string of the molecule is CCCCC(CCCC)(Nc1ccccc1)C(=O)NNc1ccc(C)cc1. The molecule has 0 saturated heterocycles. The number of aryl methyl sites for hydroxylation is 1. The molecular weight excluding hydrogens is 334 g/mol. The summed E-state index contributed by atoms with van der Waals surface area (Å²) in [5.41, 5.74) is 8.46. The van der Waals surface area contributed by atoms with Gasteiger partial charge in [-0.2, -0.15) is 0 Å². The molecule has 0 aromatic heterocycles. The minimum absolute atomic E-state index is 0.00571. The molecular formula is C23H33N3O. The molecule has 4 heteroatoms. The fraction of sp³-hybridized carbons (Fsp3) is 0.435. The maximum Gasteiger partial charge on any atom is 0.263 e. The summed E-state index contributed by atoms with van der Waals surface area (Å²) in [6, 6.07) is 18.0. The molecule has 0 radical (unpaired) electrons. The van der Waals surface area contributed by atoms with Crippen LogP contribution in [0.1, 0.15) is 57.9 Å². The first-order valence-corrected chi connectivity index (χ1v) is 10.1. The summed E-state index contributed by atoms with van der Waals surface area (Å²) in [5.74, 6) is -0.00571. The van der Waals surface area contributed by atoms with Crippen LogP contribution < -0.4 is 16.2 Å². The van der Waals surface area contributed by atoms with Gasteiger partial charge in [-0.25, -0.2) is 0 Å². The molecule has 4 nitrogen and oxygen atoms in total. The van der Waals surface area contributed by atoms with Crippen molar-refractivity contribution in [2.45, 2.75) is 64.8 Å². The average molecular weight is 368 g/mol. The largest absolute Gasteiger partial charge is 0.371 e. The van der Waals surface area contributed by atoms with Crippen LogP contribution in [0.5, 0.6) is 0 Å². The number of hydrazine groups is 1. The van der Waals surface area contributed by atoms with Crippen LogP contribution in [0.25, 0.3) is 0 Å². The van der Waals surface area contributed by atoms with Crippen molar-refractivity contribution in [1.29, 1.82) is 0 Å². The molecule has 0 spiro atoms. The average Bonchev–Trinajstić information content (AvgIpc) is 2.70. The standard InChI is InChI=1S/C23H33N3O/c1-4-6-17-23(18-7-5-2,24-20-11-9-8-10-12-20)22(27)26-25-21-15-13-19(3)14-16-21/h8-16,24-25H,4-7,17-18H2,1-3H3,(H,26,27). The van der Waals surface area contributed by atoms with Gasteiger partial charge in [-0.1, -0.05) is 75.4 Å². The summed E-state index contributed by atoms with van der Waals surface area (Å²) in [7, 11) is 0. The van der Waals surface area contributed by atoms with E-state index in [1.54, 1.807) is 0 Å². The van der Waals surface area contributed by atoms with Crippen LogP contribution in [-0.2, 0) is 4.79 Å². The van der Waals surface area contributed by atoms with E-state index in [4.69, 9.17) is 0 Å². The van der Waals surface area contributed by atoms with Crippen molar-refractivity contribution in [3.05, 3.63) is 60.2 Å². The van der Waals surface area contributed by atoms with E-state index >= 15 is 0 Å². The summed E-state index contributed by atoms with van der Waals surface area (Å²) in [6.07, 6.45) is 5.73. The van der Waals surface area contributed by atoms with Crippen molar-refractivity contribution in [1.82, 2.24) is 5.43 Å². The lowest BCUT2D eigenvalue weighted by Crippen LogP contribution is -2.54. The highest BCUT2D eigenvalue weighted by Crippen LogP contribution is 2.27. The molecule has 2 aromatic carbocycles. The number of nitrogens with one attached hydrogen (secondary N) is 3. The molecule has 27 heavy (non-hydrogen) atoms. The molecule has 1 amide bonds. The van der Waals surface area contributed by atoms with Crippen molar-refractivity contribution in [3.63, 3.8) is 0 Å². The number of hydrogen-bond acceptors (Lipinski definition) is 3. The number of carbonyl (C=O) groups excluding carboxylic acids is 1. The molecule has 0 atom stereocenters. The molecule has 2 aromatic rings. The van der Waals surface area contributed by atoms with Crippen LogP contribution in [0, 0.1) is 6.92 Å². The maximum atomic E-state index is 13.3. The van der Waals surface area contributed by atoms with Crippen LogP contribution in [0.4, 0.5) is 11.4 Å². The number of anilines is 2. The molecule has 0 aliphatic heterocycles. The van der Waals surface area contributed by atoms with Gasteiger partial charge in [0, 0.05) is 5.69 Å². The number of hydrogen-bond donors (Lipinski definition) is 3. The summed E-state index contributed by atoms with van der Waals surface area (Å²) in [4.78, 5) is 13.3. The monoisotopic (exact) mass is 367 g/mol. The Bertz CT molecular complexity index is 675. The molecule has 0 heterocycles. The Morgan fingerprint density at radius 2 is 1.44 bits per heavy atom. The Hall–Kier alpha value is -2.49. The van der Waals surface area contributed by atoms with Gasteiger partial charge in [-0.3, -0.25) is 15.6 Å².